The van der Waals surface area contributed by atoms with Crippen LogP contribution in [0.3, 0.4) is 0 Å². The second kappa shape index (κ2) is 8.02. The number of likely N-dealkylation sites (N-methyl/N-ethyl adjacent to an activating group) is 1. The van der Waals surface area contributed by atoms with E-state index in [9.17, 15) is 4.79 Å². The molecule has 0 aliphatic heterocycles. The van der Waals surface area contributed by atoms with Gasteiger partial charge in [0.05, 0.1) is 6.20 Å². The van der Waals surface area contributed by atoms with Gasteiger partial charge in [-0.05, 0) is 49.9 Å². The minimum absolute atomic E-state index is 0.122. The van der Waals surface area contributed by atoms with E-state index in [0.717, 1.165) is 30.1 Å². The molecule has 2 aromatic rings. The van der Waals surface area contributed by atoms with Crippen LogP contribution in [-0.4, -0.2) is 40.7 Å². The number of carbonyl (C=O) groups is 1. The molecule has 1 heterocycles. The number of nitrogens with zero attached hydrogens (tertiary/aromatic N) is 3. The number of hydrogen-bond acceptors (Lipinski definition) is 3. The Bertz CT molecular complexity index is 708. The highest BCUT2D eigenvalue weighted by atomic mass is 35.5. The third kappa shape index (κ3) is 4.83. The van der Waals surface area contributed by atoms with Gasteiger partial charge in [0.25, 0.3) is 0 Å². The number of hydrogen-bond donors (Lipinski definition) is 1. The van der Waals surface area contributed by atoms with Gasteiger partial charge in [0.1, 0.15) is 6.04 Å². The summed E-state index contributed by atoms with van der Waals surface area (Å²) in [4.78, 5) is 15.1. The molecule has 1 N–H and O–H groups in total. The van der Waals surface area contributed by atoms with Crippen LogP contribution in [-0.2, 0) is 18.3 Å². The van der Waals surface area contributed by atoms with Gasteiger partial charge in [-0.1, -0.05) is 23.7 Å². The average Bonchev–Trinajstić information content (AvgIpc) is 3.33. The van der Waals surface area contributed by atoms with Gasteiger partial charge in [-0.3, -0.25) is 9.48 Å². The van der Waals surface area contributed by atoms with Crippen molar-refractivity contribution >= 4 is 17.5 Å². The van der Waals surface area contributed by atoms with Gasteiger partial charge in [0, 0.05) is 36.9 Å². The molecule has 134 valence electrons. The van der Waals surface area contributed by atoms with Crippen molar-refractivity contribution in [1.82, 2.24) is 20.0 Å². The first-order valence-corrected chi connectivity index (χ1v) is 9.13. The summed E-state index contributed by atoms with van der Waals surface area (Å²) in [5, 5.41) is 8.08. The molecule has 1 aromatic carbocycles. The number of aryl methyl sites for hydroxylation is 1. The van der Waals surface area contributed by atoms with Crippen molar-refractivity contribution in [3.05, 3.63) is 52.8 Å². The van der Waals surface area contributed by atoms with E-state index in [2.05, 4.69) is 10.4 Å². The third-order valence-corrected chi connectivity index (χ3v) is 4.92. The van der Waals surface area contributed by atoms with Crippen molar-refractivity contribution in [3.8, 4) is 0 Å². The van der Waals surface area contributed by atoms with Crippen molar-refractivity contribution in [1.29, 1.82) is 0 Å². The molecule has 1 atom stereocenters. The Morgan fingerprint density at radius 3 is 2.68 bits per heavy atom. The molecular formula is C19H25ClN4O. The molecule has 3 rings (SSSR count). The molecule has 1 amide bonds. The summed E-state index contributed by atoms with van der Waals surface area (Å²) >= 11 is 5.95. The number of carbonyl (C=O) groups excluding carboxylic acids is 1. The SMILES string of the molecule is CNC(C(=O)N(CCc1ccc(Cl)cc1)CC1CC1)c1cnn(C)c1. The van der Waals surface area contributed by atoms with Gasteiger partial charge in [0.2, 0.25) is 5.91 Å². The molecule has 1 aromatic heterocycles. The standard InChI is InChI=1S/C19H25ClN4O/c1-21-18(16-11-22-23(2)13-16)19(25)24(12-15-3-4-15)10-9-14-5-7-17(20)8-6-14/h5-8,11,13,15,18,21H,3-4,9-10,12H2,1-2H3. The van der Waals surface area contributed by atoms with Crippen LogP contribution in [0.2, 0.25) is 5.02 Å². The van der Waals surface area contributed by atoms with Crippen molar-refractivity contribution in [2.24, 2.45) is 13.0 Å². The van der Waals surface area contributed by atoms with Crippen molar-refractivity contribution < 1.29 is 4.79 Å². The fourth-order valence-electron chi connectivity index (χ4n) is 3.02. The predicted molar refractivity (Wildman–Crippen MR) is 99.5 cm³/mol. The maximum Gasteiger partial charge on any atom is 0.244 e. The molecule has 0 saturated heterocycles. The van der Waals surface area contributed by atoms with E-state index >= 15 is 0 Å². The lowest BCUT2D eigenvalue weighted by Crippen LogP contribution is -2.42. The summed E-state index contributed by atoms with van der Waals surface area (Å²) in [6, 6.07) is 7.50. The van der Waals surface area contributed by atoms with E-state index < -0.39 is 0 Å². The molecule has 0 spiro atoms. The highest BCUT2D eigenvalue weighted by molar-refractivity contribution is 6.30. The van der Waals surface area contributed by atoms with E-state index in [4.69, 9.17) is 11.6 Å². The van der Waals surface area contributed by atoms with Crippen LogP contribution < -0.4 is 5.32 Å². The number of rotatable bonds is 8. The maximum atomic E-state index is 13.1. The minimum Gasteiger partial charge on any atom is -0.340 e. The Hall–Kier alpha value is -1.85. The zero-order chi connectivity index (χ0) is 17.8. The summed E-state index contributed by atoms with van der Waals surface area (Å²) in [5.41, 5.74) is 2.10. The lowest BCUT2D eigenvalue weighted by Gasteiger charge is -2.27. The number of benzene rings is 1. The van der Waals surface area contributed by atoms with Crippen molar-refractivity contribution in [2.45, 2.75) is 25.3 Å². The van der Waals surface area contributed by atoms with Crippen LogP contribution in [0.15, 0.2) is 36.7 Å². The van der Waals surface area contributed by atoms with E-state index in [-0.39, 0.29) is 11.9 Å². The van der Waals surface area contributed by atoms with E-state index in [1.54, 1.807) is 10.9 Å². The summed E-state index contributed by atoms with van der Waals surface area (Å²) in [7, 11) is 3.69. The van der Waals surface area contributed by atoms with Crippen LogP contribution in [0.1, 0.15) is 30.0 Å². The number of halogens is 1. The van der Waals surface area contributed by atoms with Gasteiger partial charge in [0.15, 0.2) is 0 Å². The monoisotopic (exact) mass is 360 g/mol. The van der Waals surface area contributed by atoms with Crippen LogP contribution in [0.5, 0.6) is 0 Å². The zero-order valence-corrected chi connectivity index (χ0v) is 15.5. The van der Waals surface area contributed by atoms with Gasteiger partial charge in [-0.2, -0.15) is 5.10 Å². The fraction of sp³-hybridized carbons (Fsp3) is 0.474. The number of aromatic nitrogens is 2. The fourth-order valence-corrected chi connectivity index (χ4v) is 3.15. The molecule has 0 radical (unpaired) electrons. The maximum absolute atomic E-state index is 13.1. The normalized spacial score (nSPS) is 15.2. The smallest absolute Gasteiger partial charge is 0.244 e. The first-order chi connectivity index (χ1) is 12.1. The lowest BCUT2D eigenvalue weighted by molar-refractivity contribution is -0.133. The number of nitrogens with one attached hydrogen (secondary N) is 1. The Morgan fingerprint density at radius 2 is 2.12 bits per heavy atom. The number of amides is 1. The molecule has 6 heteroatoms. The van der Waals surface area contributed by atoms with E-state index in [0.29, 0.717) is 5.92 Å². The molecule has 1 fully saturated rings. The largest absolute Gasteiger partial charge is 0.340 e. The molecule has 1 aliphatic rings. The van der Waals surface area contributed by atoms with Crippen LogP contribution >= 0.6 is 11.6 Å². The highest BCUT2D eigenvalue weighted by Crippen LogP contribution is 2.30. The van der Waals surface area contributed by atoms with Crippen LogP contribution in [0.25, 0.3) is 0 Å². The van der Waals surface area contributed by atoms with Crippen LogP contribution in [0, 0.1) is 5.92 Å². The Labute approximate surface area is 154 Å². The van der Waals surface area contributed by atoms with E-state index in [1.165, 1.54) is 18.4 Å². The molecule has 1 unspecified atom stereocenters. The average molecular weight is 361 g/mol. The molecule has 1 saturated carbocycles. The van der Waals surface area contributed by atoms with Gasteiger partial charge in [-0.25, -0.2) is 0 Å². The molecule has 5 nitrogen and oxygen atoms in total. The summed E-state index contributed by atoms with van der Waals surface area (Å²) in [5.74, 6) is 0.775. The van der Waals surface area contributed by atoms with Crippen molar-refractivity contribution in [2.75, 3.05) is 20.1 Å². The van der Waals surface area contributed by atoms with Gasteiger partial charge >= 0.3 is 0 Å². The Kier molecular flexibility index (Phi) is 5.76. The third-order valence-electron chi connectivity index (χ3n) is 4.66. The van der Waals surface area contributed by atoms with E-state index in [1.807, 2.05) is 49.5 Å². The first kappa shape index (κ1) is 18.0. The second-order valence-electron chi connectivity index (χ2n) is 6.77. The van der Waals surface area contributed by atoms with Gasteiger partial charge < -0.3 is 10.2 Å². The lowest BCUT2D eigenvalue weighted by atomic mass is 10.1. The predicted octanol–water partition coefficient (Wildman–Crippen LogP) is 2.82. The first-order valence-electron chi connectivity index (χ1n) is 8.76. The quantitative estimate of drug-likeness (QED) is 0.787. The van der Waals surface area contributed by atoms with Crippen LogP contribution in [0.4, 0.5) is 0 Å². The summed E-state index contributed by atoms with van der Waals surface area (Å²) < 4.78 is 1.73. The zero-order valence-electron chi connectivity index (χ0n) is 14.8. The minimum atomic E-state index is -0.349. The highest BCUT2D eigenvalue weighted by Gasteiger charge is 2.30. The Morgan fingerprint density at radius 1 is 1.40 bits per heavy atom. The van der Waals surface area contributed by atoms with Gasteiger partial charge in [-0.15, -0.1) is 0 Å². The summed E-state index contributed by atoms with van der Waals surface area (Å²) in [6.45, 7) is 1.56. The Balaban J connectivity index is 1.69. The second-order valence-corrected chi connectivity index (χ2v) is 7.21. The molecule has 25 heavy (non-hydrogen) atoms. The topological polar surface area (TPSA) is 50.2 Å². The molecule has 0 bridgehead atoms. The molecule has 1 aliphatic carbocycles. The van der Waals surface area contributed by atoms with Crippen molar-refractivity contribution in [3.63, 3.8) is 0 Å². The molecular weight excluding hydrogens is 336 g/mol. The summed E-state index contributed by atoms with van der Waals surface area (Å²) in [6.07, 6.45) is 6.93.